The molecule has 2 nitrogen and oxygen atoms in total. The maximum absolute atomic E-state index is 10.3. The Morgan fingerprint density at radius 1 is 1.29 bits per heavy atom. The molecule has 1 N–H and O–H groups in total. The van der Waals surface area contributed by atoms with E-state index in [1.165, 1.54) is 12.8 Å². The molecule has 0 bridgehead atoms. The van der Waals surface area contributed by atoms with Gasteiger partial charge in [0.1, 0.15) is 0 Å². The van der Waals surface area contributed by atoms with Crippen LogP contribution in [0.2, 0.25) is 0 Å². The van der Waals surface area contributed by atoms with Gasteiger partial charge in [-0.05, 0) is 26.2 Å². The van der Waals surface area contributed by atoms with Crippen LogP contribution in [0.4, 0.5) is 0 Å². The molecule has 1 unspecified atom stereocenters. The van der Waals surface area contributed by atoms with Crippen molar-refractivity contribution in [3.8, 4) is 6.07 Å². The average molecular weight is 195 g/mol. The molecular formula is C12H21NO. The zero-order valence-electron chi connectivity index (χ0n) is 9.34. The first kappa shape index (κ1) is 11.5. The van der Waals surface area contributed by atoms with Gasteiger partial charge in [0.25, 0.3) is 0 Å². The molecule has 1 rings (SSSR count). The molecule has 14 heavy (non-hydrogen) atoms. The second kappa shape index (κ2) is 4.31. The highest BCUT2D eigenvalue weighted by atomic mass is 16.3. The first-order valence-electron chi connectivity index (χ1n) is 5.71. The third kappa shape index (κ3) is 1.93. The van der Waals surface area contributed by atoms with E-state index in [4.69, 9.17) is 0 Å². The Morgan fingerprint density at radius 3 is 2.14 bits per heavy atom. The van der Waals surface area contributed by atoms with Crippen LogP contribution in [0.1, 0.15) is 58.8 Å². The van der Waals surface area contributed by atoms with Crippen molar-refractivity contribution < 1.29 is 5.11 Å². The van der Waals surface area contributed by atoms with Crippen molar-refractivity contribution in [2.45, 2.75) is 64.4 Å². The summed E-state index contributed by atoms with van der Waals surface area (Å²) in [5.41, 5.74) is -1.30. The lowest BCUT2D eigenvalue weighted by Gasteiger charge is -2.39. The minimum Gasteiger partial charge on any atom is -0.389 e. The minimum absolute atomic E-state index is 0.488. The summed E-state index contributed by atoms with van der Waals surface area (Å²) in [6.45, 7) is 3.78. The van der Waals surface area contributed by atoms with Crippen LogP contribution in [0, 0.1) is 16.7 Å². The Labute approximate surface area is 86.9 Å². The summed E-state index contributed by atoms with van der Waals surface area (Å²) in [5, 5.41) is 19.6. The van der Waals surface area contributed by atoms with Gasteiger partial charge in [-0.15, -0.1) is 0 Å². The minimum atomic E-state index is -0.813. The van der Waals surface area contributed by atoms with Crippen LogP contribution in [0.3, 0.4) is 0 Å². The normalized spacial score (nSPS) is 25.9. The second-order valence-electron chi connectivity index (χ2n) is 4.74. The lowest BCUT2D eigenvalue weighted by atomic mass is 9.67. The maximum Gasteiger partial charge on any atom is 0.0857 e. The molecule has 80 valence electrons. The zero-order valence-corrected chi connectivity index (χ0v) is 9.34. The molecule has 0 heterocycles. The topological polar surface area (TPSA) is 44.0 Å². The van der Waals surface area contributed by atoms with Crippen molar-refractivity contribution in [3.63, 3.8) is 0 Å². The van der Waals surface area contributed by atoms with Crippen molar-refractivity contribution in [2.24, 2.45) is 5.41 Å². The van der Waals surface area contributed by atoms with E-state index in [-0.39, 0.29) is 0 Å². The van der Waals surface area contributed by atoms with Gasteiger partial charge in [-0.3, -0.25) is 0 Å². The Balaban J connectivity index is 2.89. The van der Waals surface area contributed by atoms with Crippen LogP contribution in [0.5, 0.6) is 0 Å². The van der Waals surface area contributed by atoms with Crippen LogP contribution in [0.25, 0.3) is 0 Å². The molecule has 1 aliphatic carbocycles. The highest BCUT2D eigenvalue weighted by Gasteiger charge is 2.45. The van der Waals surface area contributed by atoms with Crippen LogP contribution >= 0.6 is 0 Å². The number of aliphatic hydroxyl groups is 1. The molecule has 0 amide bonds. The van der Waals surface area contributed by atoms with Crippen molar-refractivity contribution in [2.75, 3.05) is 0 Å². The van der Waals surface area contributed by atoms with Crippen molar-refractivity contribution >= 4 is 0 Å². The molecule has 1 fully saturated rings. The van der Waals surface area contributed by atoms with Gasteiger partial charge < -0.3 is 5.11 Å². The number of hydrogen-bond acceptors (Lipinski definition) is 2. The molecule has 0 radical (unpaired) electrons. The van der Waals surface area contributed by atoms with Gasteiger partial charge >= 0.3 is 0 Å². The van der Waals surface area contributed by atoms with Gasteiger partial charge in [0.15, 0.2) is 0 Å². The Morgan fingerprint density at radius 2 is 1.79 bits per heavy atom. The molecule has 1 aliphatic rings. The molecule has 0 aromatic heterocycles. The van der Waals surface area contributed by atoms with Gasteiger partial charge in [0.2, 0.25) is 0 Å². The molecule has 0 saturated heterocycles. The Kier molecular flexibility index (Phi) is 3.55. The summed E-state index contributed by atoms with van der Waals surface area (Å²) in [6.07, 6.45) is 7.00. The molecule has 0 spiro atoms. The highest BCUT2D eigenvalue weighted by molar-refractivity contribution is 5.09. The molecule has 0 aliphatic heterocycles. The summed E-state index contributed by atoms with van der Waals surface area (Å²) in [5.74, 6) is 0. The first-order chi connectivity index (χ1) is 6.58. The van der Waals surface area contributed by atoms with E-state index in [0.29, 0.717) is 6.42 Å². The summed E-state index contributed by atoms with van der Waals surface area (Å²) < 4.78 is 0. The van der Waals surface area contributed by atoms with E-state index in [9.17, 15) is 10.4 Å². The lowest BCUT2D eigenvalue weighted by Crippen LogP contribution is -2.44. The largest absolute Gasteiger partial charge is 0.389 e. The van der Waals surface area contributed by atoms with Gasteiger partial charge in [0, 0.05) is 0 Å². The molecule has 0 aromatic rings. The zero-order chi connectivity index (χ0) is 10.7. The fourth-order valence-corrected chi connectivity index (χ4v) is 2.44. The van der Waals surface area contributed by atoms with Gasteiger partial charge in [0.05, 0.1) is 17.1 Å². The smallest absolute Gasteiger partial charge is 0.0857 e. The number of hydrogen-bond donors (Lipinski definition) is 1. The molecule has 1 atom stereocenters. The summed E-state index contributed by atoms with van der Waals surface area (Å²) in [6, 6.07) is 2.40. The van der Waals surface area contributed by atoms with Crippen LogP contribution in [0.15, 0.2) is 0 Å². The summed E-state index contributed by atoms with van der Waals surface area (Å²) in [4.78, 5) is 0. The predicted molar refractivity (Wildman–Crippen MR) is 56.7 cm³/mol. The molecule has 1 saturated carbocycles. The third-order valence-electron chi connectivity index (χ3n) is 3.89. The summed E-state index contributed by atoms with van der Waals surface area (Å²) >= 11 is 0. The van der Waals surface area contributed by atoms with Crippen LogP contribution < -0.4 is 0 Å². The van der Waals surface area contributed by atoms with E-state index in [2.05, 4.69) is 6.07 Å². The lowest BCUT2D eigenvalue weighted by molar-refractivity contribution is -0.0502. The van der Waals surface area contributed by atoms with Crippen molar-refractivity contribution in [1.82, 2.24) is 0 Å². The number of rotatable bonds is 2. The van der Waals surface area contributed by atoms with E-state index in [1.807, 2.05) is 13.8 Å². The first-order valence-corrected chi connectivity index (χ1v) is 5.71. The highest BCUT2D eigenvalue weighted by Crippen LogP contribution is 2.44. The summed E-state index contributed by atoms with van der Waals surface area (Å²) in [7, 11) is 0. The molecular weight excluding hydrogens is 174 g/mol. The average Bonchev–Trinajstić information content (AvgIpc) is 2.43. The van der Waals surface area contributed by atoms with Gasteiger partial charge in [-0.25, -0.2) is 0 Å². The van der Waals surface area contributed by atoms with E-state index < -0.39 is 11.0 Å². The standard InChI is InChI=1S/C12H21NO/c1-3-11(2,14)12(10-13)8-6-4-5-7-9-12/h14H,3-9H2,1-2H3. The van der Waals surface area contributed by atoms with Gasteiger partial charge in [-0.1, -0.05) is 32.6 Å². The van der Waals surface area contributed by atoms with E-state index >= 15 is 0 Å². The second-order valence-corrected chi connectivity index (χ2v) is 4.74. The van der Waals surface area contributed by atoms with Gasteiger partial charge in [-0.2, -0.15) is 5.26 Å². The SMILES string of the molecule is CCC(C)(O)C1(C#N)CCCCCC1. The molecule has 2 heteroatoms. The predicted octanol–water partition coefficient (Wildman–Crippen LogP) is 3.01. The quantitative estimate of drug-likeness (QED) is 0.688. The van der Waals surface area contributed by atoms with Crippen LogP contribution in [-0.2, 0) is 0 Å². The van der Waals surface area contributed by atoms with Crippen molar-refractivity contribution in [1.29, 1.82) is 5.26 Å². The Bertz CT molecular complexity index is 219. The maximum atomic E-state index is 10.3. The number of nitriles is 1. The fraction of sp³-hybridized carbons (Fsp3) is 0.917. The van der Waals surface area contributed by atoms with Crippen molar-refractivity contribution in [3.05, 3.63) is 0 Å². The fourth-order valence-electron chi connectivity index (χ4n) is 2.44. The van der Waals surface area contributed by atoms with Crippen LogP contribution in [-0.4, -0.2) is 10.7 Å². The van der Waals surface area contributed by atoms with E-state index in [0.717, 1.165) is 25.7 Å². The number of nitrogens with zero attached hydrogens (tertiary/aromatic N) is 1. The van der Waals surface area contributed by atoms with E-state index in [1.54, 1.807) is 0 Å². The third-order valence-corrected chi connectivity index (χ3v) is 3.89. The Hall–Kier alpha value is -0.550. The molecule has 0 aromatic carbocycles. The monoisotopic (exact) mass is 195 g/mol.